The second-order valence-corrected chi connectivity index (χ2v) is 6.14. The van der Waals surface area contributed by atoms with Crippen molar-refractivity contribution in [2.75, 3.05) is 13.2 Å². The lowest BCUT2D eigenvalue weighted by Gasteiger charge is -2.13. The van der Waals surface area contributed by atoms with Gasteiger partial charge in [-0.15, -0.1) is 0 Å². The first-order valence-corrected chi connectivity index (χ1v) is 8.23. The highest BCUT2D eigenvalue weighted by molar-refractivity contribution is 6.05. The Hall–Kier alpha value is -2.37. The first kappa shape index (κ1) is 15.2. The standard InChI is InChI=1S/C19H19NO4/c21-17-8-7-14-13-5-1-2-6-15(13)19(22)24-18(14)16(17)11-20-10-12-4-3-9-23-12/h1-2,5-8,12,20-21H,3-4,9-11H2/t12-/m1/s1. The van der Waals surface area contributed by atoms with Crippen LogP contribution in [0, 0.1) is 0 Å². The molecule has 2 heterocycles. The van der Waals surface area contributed by atoms with Gasteiger partial charge in [0.05, 0.1) is 17.1 Å². The van der Waals surface area contributed by atoms with Gasteiger partial charge in [-0.25, -0.2) is 4.79 Å². The van der Waals surface area contributed by atoms with Gasteiger partial charge < -0.3 is 19.6 Å². The quantitative estimate of drug-likeness (QED) is 0.570. The van der Waals surface area contributed by atoms with Gasteiger partial charge in [-0.05, 0) is 36.4 Å². The van der Waals surface area contributed by atoms with Crippen molar-refractivity contribution in [1.82, 2.24) is 5.32 Å². The minimum Gasteiger partial charge on any atom is -0.507 e. The zero-order valence-corrected chi connectivity index (χ0v) is 13.2. The highest BCUT2D eigenvalue weighted by atomic mass is 16.5. The third kappa shape index (κ3) is 2.66. The molecule has 0 unspecified atom stereocenters. The molecule has 3 aromatic rings. The molecule has 0 radical (unpaired) electrons. The number of hydrogen-bond donors (Lipinski definition) is 2. The van der Waals surface area contributed by atoms with E-state index < -0.39 is 0 Å². The summed E-state index contributed by atoms with van der Waals surface area (Å²) in [4.78, 5) is 12.3. The lowest BCUT2D eigenvalue weighted by atomic mass is 10.0. The molecule has 5 heteroatoms. The Labute approximate surface area is 138 Å². The molecule has 4 rings (SSSR count). The normalized spacial score (nSPS) is 17.8. The lowest BCUT2D eigenvalue weighted by molar-refractivity contribution is 0.110. The summed E-state index contributed by atoms with van der Waals surface area (Å²) >= 11 is 0. The van der Waals surface area contributed by atoms with Gasteiger partial charge in [0.25, 0.3) is 0 Å². The van der Waals surface area contributed by atoms with Gasteiger partial charge >= 0.3 is 5.63 Å². The van der Waals surface area contributed by atoms with Crippen molar-refractivity contribution in [3.63, 3.8) is 0 Å². The summed E-state index contributed by atoms with van der Waals surface area (Å²) < 4.78 is 11.1. The molecule has 1 fully saturated rings. The molecule has 5 nitrogen and oxygen atoms in total. The summed E-state index contributed by atoms with van der Waals surface area (Å²) in [6.07, 6.45) is 2.36. The molecule has 24 heavy (non-hydrogen) atoms. The zero-order valence-electron chi connectivity index (χ0n) is 13.2. The highest BCUT2D eigenvalue weighted by Crippen LogP contribution is 2.30. The van der Waals surface area contributed by atoms with Gasteiger partial charge in [-0.2, -0.15) is 0 Å². The van der Waals surface area contributed by atoms with Crippen LogP contribution in [0.2, 0.25) is 0 Å². The van der Waals surface area contributed by atoms with E-state index in [1.807, 2.05) is 18.2 Å². The second-order valence-electron chi connectivity index (χ2n) is 6.14. The molecule has 0 bridgehead atoms. The SMILES string of the molecule is O=c1oc2c(CNC[C@H]3CCCO3)c(O)ccc2c2ccccc12. The van der Waals surface area contributed by atoms with Crippen molar-refractivity contribution in [3.05, 3.63) is 52.4 Å². The van der Waals surface area contributed by atoms with Gasteiger partial charge in [-0.1, -0.05) is 18.2 Å². The maximum absolute atomic E-state index is 12.3. The van der Waals surface area contributed by atoms with Gasteiger partial charge in [0.15, 0.2) is 0 Å². The average Bonchev–Trinajstić information content (AvgIpc) is 3.11. The van der Waals surface area contributed by atoms with E-state index in [9.17, 15) is 9.90 Å². The minimum atomic E-state index is -0.385. The monoisotopic (exact) mass is 325 g/mol. The minimum absolute atomic E-state index is 0.126. The Balaban J connectivity index is 1.73. The smallest absolute Gasteiger partial charge is 0.344 e. The molecular formula is C19H19NO4. The maximum atomic E-state index is 12.3. The summed E-state index contributed by atoms with van der Waals surface area (Å²) in [5, 5.41) is 15.7. The van der Waals surface area contributed by atoms with E-state index in [-0.39, 0.29) is 17.5 Å². The Bertz CT molecular complexity index is 941. The Kier molecular flexibility index (Phi) is 3.96. The van der Waals surface area contributed by atoms with Crippen molar-refractivity contribution in [3.8, 4) is 5.75 Å². The van der Waals surface area contributed by atoms with Crippen molar-refractivity contribution >= 4 is 21.7 Å². The fraction of sp³-hybridized carbons (Fsp3) is 0.316. The van der Waals surface area contributed by atoms with Gasteiger partial charge in [0, 0.05) is 25.1 Å². The Morgan fingerprint density at radius 3 is 2.75 bits per heavy atom. The second kappa shape index (κ2) is 6.26. The van der Waals surface area contributed by atoms with Gasteiger partial charge in [0.2, 0.25) is 0 Å². The number of nitrogens with one attached hydrogen (secondary N) is 1. The van der Waals surface area contributed by atoms with E-state index in [1.165, 1.54) is 0 Å². The van der Waals surface area contributed by atoms with Gasteiger partial charge in [-0.3, -0.25) is 0 Å². The van der Waals surface area contributed by atoms with Crippen molar-refractivity contribution in [2.45, 2.75) is 25.5 Å². The zero-order chi connectivity index (χ0) is 16.5. The predicted octanol–water partition coefficient (Wildman–Crippen LogP) is 2.92. The van der Waals surface area contributed by atoms with E-state index in [2.05, 4.69) is 5.32 Å². The van der Waals surface area contributed by atoms with Crippen molar-refractivity contribution in [2.24, 2.45) is 0 Å². The summed E-state index contributed by atoms with van der Waals surface area (Å²) in [6, 6.07) is 10.8. The summed E-state index contributed by atoms with van der Waals surface area (Å²) in [6.45, 7) is 1.95. The van der Waals surface area contributed by atoms with Crippen LogP contribution in [0.15, 0.2) is 45.6 Å². The molecule has 0 saturated carbocycles. The van der Waals surface area contributed by atoms with Crippen LogP contribution in [-0.4, -0.2) is 24.4 Å². The lowest BCUT2D eigenvalue weighted by Crippen LogP contribution is -2.26. The molecular weight excluding hydrogens is 306 g/mol. The van der Waals surface area contributed by atoms with Crippen LogP contribution < -0.4 is 10.9 Å². The summed E-state index contributed by atoms with van der Waals surface area (Å²) in [7, 11) is 0. The van der Waals surface area contributed by atoms with Crippen LogP contribution in [0.5, 0.6) is 5.75 Å². The number of fused-ring (bicyclic) bond motifs is 3. The molecule has 124 valence electrons. The molecule has 2 N–H and O–H groups in total. The summed E-state index contributed by atoms with van der Waals surface area (Å²) in [5.74, 6) is 0.126. The van der Waals surface area contributed by atoms with Crippen LogP contribution in [0.25, 0.3) is 21.7 Å². The Morgan fingerprint density at radius 1 is 1.12 bits per heavy atom. The number of ether oxygens (including phenoxy) is 1. The van der Waals surface area contributed by atoms with Crippen LogP contribution in [-0.2, 0) is 11.3 Å². The fourth-order valence-electron chi connectivity index (χ4n) is 3.32. The van der Waals surface area contributed by atoms with Crippen LogP contribution in [0.4, 0.5) is 0 Å². The molecule has 1 aliphatic heterocycles. The molecule has 1 saturated heterocycles. The third-order valence-electron chi connectivity index (χ3n) is 4.57. The van der Waals surface area contributed by atoms with Crippen molar-refractivity contribution in [1.29, 1.82) is 0 Å². The molecule has 0 aliphatic carbocycles. The highest BCUT2D eigenvalue weighted by Gasteiger charge is 2.17. The molecule has 0 amide bonds. The van der Waals surface area contributed by atoms with E-state index in [4.69, 9.17) is 9.15 Å². The molecule has 0 spiro atoms. The first-order chi connectivity index (χ1) is 11.7. The first-order valence-electron chi connectivity index (χ1n) is 8.23. The molecule has 1 aliphatic rings. The van der Waals surface area contributed by atoms with Crippen molar-refractivity contribution < 1.29 is 14.3 Å². The third-order valence-corrected chi connectivity index (χ3v) is 4.57. The number of hydrogen-bond acceptors (Lipinski definition) is 5. The molecule has 1 aromatic heterocycles. The largest absolute Gasteiger partial charge is 0.507 e. The fourth-order valence-corrected chi connectivity index (χ4v) is 3.32. The van der Waals surface area contributed by atoms with Crippen LogP contribution in [0.3, 0.4) is 0 Å². The van der Waals surface area contributed by atoms with Gasteiger partial charge in [0.1, 0.15) is 11.3 Å². The number of benzene rings is 2. The van der Waals surface area contributed by atoms with E-state index in [1.54, 1.807) is 18.2 Å². The van der Waals surface area contributed by atoms with Crippen LogP contribution >= 0.6 is 0 Å². The topological polar surface area (TPSA) is 71.7 Å². The predicted molar refractivity (Wildman–Crippen MR) is 92.3 cm³/mol. The number of phenolic OH excluding ortho intramolecular Hbond substituents is 1. The van der Waals surface area contributed by atoms with Crippen LogP contribution in [0.1, 0.15) is 18.4 Å². The molecule has 2 aromatic carbocycles. The van der Waals surface area contributed by atoms with E-state index in [0.717, 1.165) is 30.2 Å². The maximum Gasteiger partial charge on any atom is 0.344 e. The average molecular weight is 325 g/mol. The van der Waals surface area contributed by atoms with E-state index >= 15 is 0 Å². The number of rotatable bonds is 4. The molecule has 1 atom stereocenters. The number of aromatic hydroxyl groups is 1. The summed E-state index contributed by atoms with van der Waals surface area (Å²) in [5.41, 5.74) is 0.663. The Morgan fingerprint density at radius 2 is 1.96 bits per heavy atom. The number of phenols is 1. The van der Waals surface area contributed by atoms with E-state index in [0.29, 0.717) is 29.6 Å².